The highest BCUT2D eigenvalue weighted by Crippen LogP contribution is 2.28. The molecule has 156 valence electrons. The van der Waals surface area contributed by atoms with Crippen LogP contribution in [0, 0.1) is 6.92 Å². The van der Waals surface area contributed by atoms with Crippen LogP contribution in [0.2, 0.25) is 0 Å². The molecule has 1 aromatic heterocycles. The lowest BCUT2D eigenvalue weighted by Crippen LogP contribution is -2.23. The summed E-state index contributed by atoms with van der Waals surface area (Å²) in [5.74, 6) is 0.730. The van der Waals surface area contributed by atoms with E-state index in [1.165, 1.54) is 11.8 Å². The van der Waals surface area contributed by atoms with E-state index in [0.29, 0.717) is 6.54 Å². The first-order valence-corrected chi connectivity index (χ1v) is 11.0. The first-order chi connectivity index (χ1) is 15.1. The topological polar surface area (TPSA) is 59.8 Å². The second-order valence-corrected chi connectivity index (χ2v) is 8.67. The van der Waals surface area contributed by atoms with E-state index in [4.69, 9.17) is 0 Å². The number of aromatic nitrogens is 3. The van der Waals surface area contributed by atoms with Crippen molar-refractivity contribution in [3.8, 4) is 11.4 Å². The molecule has 3 aromatic carbocycles. The molecule has 4 rings (SSSR count). The molecule has 0 fully saturated rings. The third kappa shape index (κ3) is 5.22. The first-order valence-electron chi connectivity index (χ1n) is 10.2. The molecule has 0 saturated heterocycles. The number of anilines is 1. The summed E-state index contributed by atoms with van der Waals surface area (Å²) < 4.78 is 2.08. The molecule has 0 unspecified atom stereocenters. The van der Waals surface area contributed by atoms with E-state index in [2.05, 4.69) is 51.3 Å². The molecule has 4 aromatic rings. The molecule has 5 nitrogen and oxygen atoms in total. The van der Waals surface area contributed by atoms with Gasteiger partial charge < -0.3 is 5.32 Å². The zero-order chi connectivity index (χ0) is 21.6. The number of para-hydroxylation sites is 1. The highest BCUT2D eigenvalue weighted by atomic mass is 32.2. The summed E-state index contributed by atoms with van der Waals surface area (Å²) in [5, 5.41) is 12.3. The van der Waals surface area contributed by atoms with Crippen molar-refractivity contribution in [2.45, 2.75) is 30.8 Å². The summed E-state index contributed by atoms with van der Waals surface area (Å²) in [7, 11) is 0. The fourth-order valence-corrected chi connectivity index (χ4v) is 4.11. The zero-order valence-electron chi connectivity index (χ0n) is 17.5. The van der Waals surface area contributed by atoms with Crippen molar-refractivity contribution >= 4 is 23.4 Å². The van der Waals surface area contributed by atoms with Crippen LogP contribution in [0.4, 0.5) is 5.69 Å². The summed E-state index contributed by atoms with van der Waals surface area (Å²) in [6, 6.07) is 27.9. The second-order valence-electron chi connectivity index (χ2n) is 7.36. The number of benzene rings is 3. The van der Waals surface area contributed by atoms with Crippen molar-refractivity contribution < 1.29 is 4.79 Å². The van der Waals surface area contributed by atoms with E-state index >= 15 is 0 Å². The van der Waals surface area contributed by atoms with Crippen molar-refractivity contribution in [1.82, 2.24) is 14.8 Å². The third-order valence-electron chi connectivity index (χ3n) is 4.87. The SMILES string of the molecule is Cc1cccc(-c2nnc(S[C@H](C)C(=O)Nc3ccccc3)n2Cc2ccccc2)c1. The second kappa shape index (κ2) is 9.62. The minimum atomic E-state index is -0.329. The molecule has 31 heavy (non-hydrogen) atoms. The number of carbonyl (C=O) groups is 1. The average molecular weight is 429 g/mol. The number of hydrogen-bond donors (Lipinski definition) is 1. The smallest absolute Gasteiger partial charge is 0.237 e. The molecule has 1 N–H and O–H groups in total. The van der Waals surface area contributed by atoms with Gasteiger partial charge in [0.05, 0.1) is 11.8 Å². The third-order valence-corrected chi connectivity index (χ3v) is 5.95. The summed E-state index contributed by atoms with van der Waals surface area (Å²) in [5.41, 5.74) is 4.11. The van der Waals surface area contributed by atoms with Gasteiger partial charge in [-0.05, 0) is 37.6 Å². The van der Waals surface area contributed by atoms with Crippen LogP contribution in [-0.2, 0) is 11.3 Å². The summed E-state index contributed by atoms with van der Waals surface area (Å²) in [6.45, 7) is 4.58. The van der Waals surface area contributed by atoms with Gasteiger partial charge >= 0.3 is 0 Å². The van der Waals surface area contributed by atoms with E-state index in [-0.39, 0.29) is 11.2 Å². The molecule has 0 aliphatic rings. The quantitative estimate of drug-likeness (QED) is 0.399. The number of amides is 1. The van der Waals surface area contributed by atoms with Crippen LogP contribution in [0.1, 0.15) is 18.1 Å². The Morgan fingerprint density at radius 1 is 0.968 bits per heavy atom. The van der Waals surface area contributed by atoms with Crippen LogP contribution >= 0.6 is 11.8 Å². The fraction of sp³-hybridized carbons (Fsp3) is 0.160. The van der Waals surface area contributed by atoms with Crippen molar-refractivity contribution in [2.75, 3.05) is 5.32 Å². The molecule has 1 atom stereocenters. The summed E-state index contributed by atoms with van der Waals surface area (Å²) >= 11 is 1.41. The van der Waals surface area contributed by atoms with Gasteiger partial charge in [-0.2, -0.15) is 0 Å². The normalized spacial score (nSPS) is 11.8. The van der Waals surface area contributed by atoms with Gasteiger partial charge in [0.1, 0.15) is 0 Å². The molecule has 0 bridgehead atoms. The number of hydrogen-bond acceptors (Lipinski definition) is 4. The number of thioether (sulfide) groups is 1. The Balaban J connectivity index is 1.61. The number of aryl methyl sites for hydroxylation is 1. The Labute approximate surface area is 186 Å². The predicted molar refractivity (Wildman–Crippen MR) is 126 cm³/mol. The van der Waals surface area contributed by atoms with Crippen molar-refractivity contribution in [2.24, 2.45) is 0 Å². The standard InChI is InChI=1S/C25H24N4OS/c1-18-10-9-13-21(16-18)23-27-28-25(29(23)17-20-11-5-3-6-12-20)31-19(2)24(30)26-22-14-7-4-8-15-22/h3-16,19H,17H2,1-2H3,(H,26,30)/t19-/m1/s1. The van der Waals surface area contributed by atoms with Crippen LogP contribution in [0.15, 0.2) is 90.1 Å². The van der Waals surface area contributed by atoms with Crippen molar-refractivity contribution in [1.29, 1.82) is 0 Å². The van der Waals surface area contributed by atoms with Crippen LogP contribution in [0.3, 0.4) is 0 Å². The molecule has 1 heterocycles. The van der Waals surface area contributed by atoms with Gasteiger partial charge in [0.15, 0.2) is 11.0 Å². The van der Waals surface area contributed by atoms with Crippen molar-refractivity contribution in [3.05, 3.63) is 96.1 Å². The molecule has 0 spiro atoms. The van der Waals surface area contributed by atoms with Gasteiger partial charge in [-0.15, -0.1) is 10.2 Å². The van der Waals surface area contributed by atoms with E-state index in [1.807, 2.05) is 67.6 Å². The number of carbonyl (C=O) groups excluding carboxylic acids is 1. The zero-order valence-corrected chi connectivity index (χ0v) is 18.3. The molecular formula is C25H24N4OS. The highest BCUT2D eigenvalue weighted by molar-refractivity contribution is 8.00. The van der Waals surface area contributed by atoms with E-state index in [0.717, 1.165) is 33.4 Å². The lowest BCUT2D eigenvalue weighted by Gasteiger charge is -2.14. The first kappa shape index (κ1) is 20.9. The molecule has 6 heteroatoms. The highest BCUT2D eigenvalue weighted by Gasteiger charge is 2.21. The van der Waals surface area contributed by atoms with Gasteiger partial charge in [0, 0.05) is 11.3 Å². The van der Waals surface area contributed by atoms with Gasteiger partial charge in [0.2, 0.25) is 5.91 Å². The maximum Gasteiger partial charge on any atom is 0.237 e. The van der Waals surface area contributed by atoms with E-state index in [1.54, 1.807) is 0 Å². The molecule has 0 radical (unpaired) electrons. The lowest BCUT2D eigenvalue weighted by atomic mass is 10.1. The largest absolute Gasteiger partial charge is 0.325 e. The Morgan fingerprint density at radius 3 is 2.39 bits per heavy atom. The Kier molecular flexibility index (Phi) is 6.48. The molecule has 0 aliphatic heterocycles. The molecule has 1 amide bonds. The minimum absolute atomic E-state index is 0.0671. The molecule has 0 aliphatic carbocycles. The lowest BCUT2D eigenvalue weighted by molar-refractivity contribution is -0.115. The van der Waals surface area contributed by atoms with Gasteiger partial charge in [-0.25, -0.2) is 0 Å². The van der Waals surface area contributed by atoms with Gasteiger partial charge in [-0.1, -0.05) is 84.1 Å². The monoisotopic (exact) mass is 428 g/mol. The predicted octanol–water partition coefficient (Wildman–Crippen LogP) is 5.42. The van der Waals surface area contributed by atoms with Crippen molar-refractivity contribution in [3.63, 3.8) is 0 Å². The number of nitrogens with zero attached hydrogens (tertiary/aromatic N) is 3. The Hall–Kier alpha value is -3.38. The Bertz CT molecular complexity index is 1160. The summed E-state index contributed by atoms with van der Waals surface area (Å²) in [6.07, 6.45) is 0. The van der Waals surface area contributed by atoms with Gasteiger partial charge in [0.25, 0.3) is 0 Å². The van der Waals surface area contributed by atoms with Crippen LogP contribution in [0.5, 0.6) is 0 Å². The van der Waals surface area contributed by atoms with Crippen LogP contribution < -0.4 is 5.32 Å². The molecule has 0 saturated carbocycles. The fourth-order valence-electron chi connectivity index (χ4n) is 3.26. The van der Waals surface area contributed by atoms with E-state index < -0.39 is 0 Å². The van der Waals surface area contributed by atoms with E-state index in [9.17, 15) is 4.79 Å². The molecular weight excluding hydrogens is 404 g/mol. The maximum absolute atomic E-state index is 12.7. The number of rotatable bonds is 7. The Morgan fingerprint density at radius 2 is 1.68 bits per heavy atom. The van der Waals surface area contributed by atoms with Gasteiger partial charge in [-0.3, -0.25) is 9.36 Å². The minimum Gasteiger partial charge on any atom is -0.325 e. The maximum atomic E-state index is 12.7. The average Bonchev–Trinajstić information content (AvgIpc) is 3.17. The summed E-state index contributed by atoms with van der Waals surface area (Å²) in [4.78, 5) is 12.7. The van der Waals surface area contributed by atoms with Crippen LogP contribution in [0.25, 0.3) is 11.4 Å². The van der Waals surface area contributed by atoms with Crippen LogP contribution in [-0.4, -0.2) is 25.9 Å². The number of nitrogens with one attached hydrogen (secondary N) is 1.